The molecule has 22 heavy (non-hydrogen) atoms. The van der Waals surface area contributed by atoms with Crippen molar-refractivity contribution in [2.45, 2.75) is 0 Å². The van der Waals surface area contributed by atoms with Crippen molar-refractivity contribution >= 4 is 22.8 Å². The number of aromatic nitrogens is 1. The first-order valence-corrected chi connectivity index (χ1v) is 6.66. The van der Waals surface area contributed by atoms with E-state index < -0.39 is 17.4 Å². The summed E-state index contributed by atoms with van der Waals surface area (Å²) in [5.41, 5.74) is 1.31. The number of pyridine rings is 1. The number of para-hydroxylation sites is 1. The molecule has 2 aromatic carbocycles. The van der Waals surface area contributed by atoms with E-state index in [1.165, 1.54) is 6.08 Å². The zero-order valence-electron chi connectivity index (χ0n) is 11.5. The van der Waals surface area contributed by atoms with Gasteiger partial charge in [-0.25, -0.2) is 8.78 Å². The predicted octanol–water partition coefficient (Wildman–Crippen LogP) is 4.41. The van der Waals surface area contributed by atoms with Crippen LogP contribution in [0.1, 0.15) is 15.9 Å². The molecule has 0 unspecified atom stereocenters. The molecule has 0 aliphatic rings. The van der Waals surface area contributed by atoms with Crippen molar-refractivity contribution in [3.8, 4) is 0 Å². The zero-order valence-corrected chi connectivity index (χ0v) is 11.5. The highest BCUT2D eigenvalue weighted by Crippen LogP contribution is 2.18. The summed E-state index contributed by atoms with van der Waals surface area (Å²) >= 11 is 0. The quantitative estimate of drug-likeness (QED) is 0.529. The lowest BCUT2D eigenvalue weighted by Crippen LogP contribution is -1.99. The Morgan fingerprint density at radius 2 is 1.86 bits per heavy atom. The van der Waals surface area contributed by atoms with E-state index in [-0.39, 0.29) is 5.56 Å². The summed E-state index contributed by atoms with van der Waals surface area (Å²) in [6.07, 6.45) is 4.45. The van der Waals surface area contributed by atoms with E-state index >= 15 is 0 Å². The van der Waals surface area contributed by atoms with Crippen LogP contribution in [0.5, 0.6) is 0 Å². The fourth-order valence-corrected chi connectivity index (χ4v) is 2.20. The number of benzene rings is 2. The van der Waals surface area contributed by atoms with Crippen molar-refractivity contribution in [1.82, 2.24) is 4.98 Å². The second-order valence-electron chi connectivity index (χ2n) is 4.74. The maximum Gasteiger partial charge on any atom is 0.188 e. The lowest BCUT2D eigenvalue weighted by molar-refractivity contribution is 0.104. The largest absolute Gasteiger partial charge is 0.289 e. The average Bonchev–Trinajstić information content (AvgIpc) is 2.54. The van der Waals surface area contributed by atoms with Gasteiger partial charge in [-0.3, -0.25) is 9.78 Å². The summed E-state index contributed by atoms with van der Waals surface area (Å²) in [5.74, 6) is -1.97. The van der Waals surface area contributed by atoms with E-state index in [4.69, 9.17) is 0 Å². The van der Waals surface area contributed by atoms with Gasteiger partial charge in [-0.1, -0.05) is 24.3 Å². The number of hydrogen-bond acceptors (Lipinski definition) is 2. The number of allylic oxidation sites excluding steroid dienone is 1. The Bertz CT molecular complexity index is 882. The van der Waals surface area contributed by atoms with Crippen LogP contribution in [-0.2, 0) is 0 Å². The first kappa shape index (κ1) is 14.1. The van der Waals surface area contributed by atoms with Gasteiger partial charge in [-0.2, -0.15) is 0 Å². The predicted molar refractivity (Wildman–Crippen MR) is 81.5 cm³/mol. The van der Waals surface area contributed by atoms with E-state index in [0.29, 0.717) is 0 Å². The Hall–Kier alpha value is -2.88. The molecular weight excluding hydrogens is 284 g/mol. The number of nitrogens with zero attached hydrogens (tertiary/aromatic N) is 1. The van der Waals surface area contributed by atoms with Crippen molar-refractivity contribution in [2.24, 2.45) is 0 Å². The first-order valence-electron chi connectivity index (χ1n) is 6.66. The minimum Gasteiger partial charge on any atom is -0.289 e. The fourth-order valence-electron chi connectivity index (χ4n) is 2.20. The van der Waals surface area contributed by atoms with Crippen LogP contribution in [0.2, 0.25) is 0 Å². The van der Waals surface area contributed by atoms with Crippen molar-refractivity contribution in [2.75, 3.05) is 0 Å². The van der Waals surface area contributed by atoms with Gasteiger partial charge in [0.1, 0.15) is 11.6 Å². The molecule has 3 aromatic rings. The summed E-state index contributed by atoms with van der Waals surface area (Å²) in [4.78, 5) is 16.2. The number of ketones is 1. The van der Waals surface area contributed by atoms with Crippen LogP contribution < -0.4 is 0 Å². The highest BCUT2D eigenvalue weighted by molar-refractivity contribution is 6.07. The molecule has 3 rings (SSSR count). The topological polar surface area (TPSA) is 30.0 Å². The van der Waals surface area contributed by atoms with Gasteiger partial charge in [0.2, 0.25) is 0 Å². The monoisotopic (exact) mass is 295 g/mol. The summed E-state index contributed by atoms with van der Waals surface area (Å²) in [5, 5.41) is 0.883. The Labute approximate surface area is 125 Å². The smallest absolute Gasteiger partial charge is 0.188 e. The highest BCUT2D eigenvalue weighted by Gasteiger charge is 2.10. The minimum atomic E-state index is -0.740. The lowest BCUT2D eigenvalue weighted by atomic mass is 10.1. The molecule has 0 saturated carbocycles. The van der Waals surface area contributed by atoms with Gasteiger partial charge in [-0.15, -0.1) is 0 Å². The second kappa shape index (κ2) is 5.85. The molecule has 0 fully saturated rings. The first-order chi connectivity index (χ1) is 10.6. The van der Waals surface area contributed by atoms with Crippen LogP contribution in [-0.4, -0.2) is 10.8 Å². The number of fused-ring (bicyclic) bond motifs is 1. The fraction of sp³-hybridized carbons (Fsp3) is 0. The van der Waals surface area contributed by atoms with Crippen LogP contribution in [0.3, 0.4) is 0 Å². The van der Waals surface area contributed by atoms with Gasteiger partial charge in [0.15, 0.2) is 5.78 Å². The van der Waals surface area contributed by atoms with E-state index in [1.807, 2.05) is 24.3 Å². The molecule has 0 atom stereocenters. The van der Waals surface area contributed by atoms with Crippen LogP contribution in [0.4, 0.5) is 8.78 Å². The molecule has 0 amide bonds. The van der Waals surface area contributed by atoms with Crippen LogP contribution >= 0.6 is 0 Å². The van der Waals surface area contributed by atoms with Gasteiger partial charge in [0.25, 0.3) is 0 Å². The van der Waals surface area contributed by atoms with Crippen LogP contribution in [0, 0.1) is 11.6 Å². The molecule has 1 heterocycles. The van der Waals surface area contributed by atoms with Crippen molar-refractivity contribution in [3.63, 3.8) is 0 Å². The normalized spacial score (nSPS) is 11.2. The van der Waals surface area contributed by atoms with Crippen molar-refractivity contribution in [1.29, 1.82) is 0 Å². The summed E-state index contributed by atoms with van der Waals surface area (Å²) < 4.78 is 26.7. The Morgan fingerprint density at radius 3 is 2.73 bits per heavy atom. The summed E-state index contributed by atoms with van der Waals surface area (Å²) in [6, 6.07) is 12.1. The average molecular weight is 295 g/mol. The van der Waals surface area contributed by atoms with E-state index in [1.54, 1.807) is 18.3 Å². The Kier molecular flexibility index (Phi) is 3.74. The number of carbonyl (C=O) groups is 1. The summed E-state index contributed by atoms with van der Waals surface area (Å²) in [7, 11) is 0. The molecule has 0 aliphatic heterocycles. The van der Waals surface area contributed by atoms with Gasteiger partial charge in [0.05, 0.1) is 11.1 Å². The molecule has 0 aliphatic carbocycles. The number of halogens is 2. The number of carbonyl (C=O) groups excluding carboxylic acids is 1. The molecular formula is C18H11F2NO. The van der Waals surface area contributed by atoms with Crippen molar-refractivity contribution < 1.29 is 13.6 Å². The molecule has 0 spiro atoms. The van der Waals surface area contributed by atoms with Crippen LogP contribution in [0.15, 0.2) is 60.8 Å². The SMILES string of the molecule is O=C(/C=C/c1ccnc2ccccc12)c1cc(F)ccc1F. The minimum absolute atomic E-state index is 0.283. The third kappa shape index (κ3) is 2.76. The molecule has 0 N–H and O–H groups in total. The molecule has 2 nitrogen and oxygen atoms in total. The number of hydrogen-bond donors (Lipinski definition) is 0. The molecule has 108 valence electrons. The van der Waals surface area contributed by atoms with E-state index in [9.17, 15) is 13.6 Å². The summed E-state index contributed by atoms with van der Waals surface area (Å²) in [6.45, 7) is 0. The Balaban J connectivity index is 1.96. The standard InChI is InChI=1S/C18H11F2NO/c19-13-6-7-16(20)15(11-13)18(22)8-5-12-9-10-21-17-4-2-1-3-14(12)17/h1-11H/b8-5+. The van der Waals surface area contributed by atoms with Crippen molar-refractivity contribution in [3.05, 3.63) is 83.6 Å². The Morgan fingerprint density at radius 1 is 1.05 bits per heavy atom. The van der Waals surface area contributed by atoms with E-state index in [2.05, 4.69) is 4.98 Å². The van der Waals surface area contributed by atoms with E-state index in [0.717, 1.165) is 34.7 Å². The molecule has 0 saturated heterocycles. The third-order valence-corrected chi connectivity index (χ3v) is 3.29. The maximum absolute atomic E-state index is 13.6. The van der Waals surface area contributed by atoms with Gasteiger partial charge < -0.3 is 0 Å². The van der Waals surface area contributed by atoms with Crippen LogP contribution in [0.25, 0.3) is 17.0 Å². The molecule has 0 radical (unpaired) electrons. The van der Waals surface area contributed by atoms with Gasteiger partial charge in [-0.05, 0) is 42.0 Å². The molecule has 4 heteroatoms. The number of rotatable bonds is 3. The third-order valence-electron chi connectivity index (χ3n) is 3.29. The van der Waals surface area contributed by atoms with Gasteiger partial charge in [0, 0.05) is 11.6 Å². The molecule has 1 aromatic heterocycles. The lowest BCUT2D eigenvalue weighted by Gasteiger charge is -2.01. The maximum atomic E-state index is 13.6. The van der Waals surface area contributed by atoms with Gasteiger partial charge >= 0.3 is 0 Å². The second-order valence-corrected chi connectivity index (χ2v) is 4.74. The molecule has 0 bridgehead atoms. The zero-order chi connectivity index (χ0) is 15.5. The highest BCUT2D eigenvalue weighted by atomic mass is 19.1.